The zero-order valence-corrected chi connectivity index (χ0v) is 32.1. The minimum Gasteiger partial charge on any atom is -0.469 e. The number of nitrogens with zero attached hydrogens (tertiary/aromatic N) is 2. The first kappa shape index (κ1) is 37.1. The van der Waals surface area contributed by atoms with Crippen molar-refractivity contribution >= 4 is 79.5 Å². The fourth-order valence-corrected chi connectivity index (χ4v) is 7.74. The number of fused-ring (bicyclic) bond motifs is 8. The van der Waals surface area contributed by atoms with Gasteiger partial charge in [-0.1, -0.05) is 30.3 Å². The van der Waals surface area contributed by atoms with Crippen LogP contribution in [0.2, 0.25) is 0 Å². The number of alkyl halides is 2. The number of hydrogen-bond donors (Lipinski definition) is 2. The molecule has 5 heterocycles. The molecule has 6 rings (SSSR count). The Hall–Kier alpha value is -4.66. The Kier molecular flexibility index (Phi) is 11.4. The average Bonchev–Trinajstić information content (AvgIpc) is 3.81. The molecule has 0 amide bonds. The van der Waals surface area contributed by atoms with Crippen molar-refractivity contribution in [2.45, 2.75) is 66.2 Å². The predicted octanol–water partition coefficient (Wildman–Crippen LogP) is 9.93. The number of rotatable bonds is 11. The maximum atomic E-state index is 12.4. The van der Waals surface area contributed by atoms with E-state index in [-0.39, 0.29) is 24.8 Å². The summed E-state index contributed by atoms with van der Waals surface area (Å²) in [5.74, 6) is 0.321. The summed E-state index contributed by atoms with van der Waals surface area (Å²) in [7, 11) is 2.81. The van der Waals surface area contributed by atoms with Gasteiger partial charge in [0.05, 0.1) is 37.0 Å². The van der Waals surface area contributed by atoms with Crippen LogP contribution < -0.4 is 0 Å². The van der Waals surface area contributed by atoms with Crippen molar-refractivity contribution in [3.05, 3.63) is 93.6 Å². The van der Waals surface area contributed by atoms with Crippen LogP contribution in [0.4, 0.5) is 0 Å². The Bertz CT molecular complexity index is 2140. The summed E-state index contributed by atoms with van der Waals surface area (Å²) in [6, 6.07) is 16.5. The Labute approximate surface area is 314 Å². The van der Waals surface area contributed by atoms with Crippen molar-refractivity contribution < 1.29 is 19.1 Å². The molecule has 3 aromatic heterocycles. The number of aryl methyl sites for hydroxylation is 4. The summed E-state index contributed by atoms with van der Waals surface area (Å²) in [4.78, 5) is 42.8. The summed E-state index contributed by atoms with van der Waals surface area (Å²) >= 11 is 12.9. The molecule has 10 heteroatoms. The lowest BCUT2D eigenvalue weighted by Crippen LogP contribution is -2.02. The zero-order chi connectivity index (χ0) is 37.1. The molecule has 0 fully saturated rings. The third-order valence-electron chi connectivity index (χ3n) is 10.3. The van der Waals surface area contributed by atoms with Crippen LogP contribution in [0.25, 0.3) is 55.5 Å². The topological polar surface area (TPSA) is 110 Å². The van der Waals surface area contributed by atoms with Gasteiger partial charge in [0.1, 0.15) is 0 Å². The van der Waals surface area contributed by atoms with E-state index in [0.29, 0.717) is 37.4 Å². The lowest BCUT2D eigenvalue weighted by molar-refractivity contribution is -0.141. The molecule has 0 atom stereocenters. The number of nitrogens with one attached hydrogen (secondary N) is 2. The molecule has 0 unspecified atom stereocenters. The van der Waals surface area contributed by atoms with Crippen molar-refractivity contribution in [3.8, 4) is 11.1 Å². The van der Waals surface area contributed by atoms with E-state index in [1.165, 1.54) is 14.2 Å². The highest BCUT2D eigenvalue weighted by Crippen LogP contribution is 2.43. The van der Waals surface area contributed by atoms with Gasteiger partial charge in [-0.3, -0.25) is 9.59 Å². The summed E-state index contributed by atoms with van der Waals surface area (Å²) in [5, 5.41) is 0. The molecular weight excluding hydrogens is 695 g/mol. The predicted molar refractivity (Wildman–Crippen MR) is 212 cm³/mol. The highest BCUT2D eigenvalue weighted by Gasteiger charge is 2.27. The Morgan fingerprint density at radius 1 is 0.635 bits per heavy atom. The monoisotopic (exact) mass is 738 g/mol. The smallest absolute Gasteiger partial charge is 0.305 e. The first-order valence-electron chi connectivity index (χ1n) is 17.6. The van der Waals surface area contributed by atoms with Gasteiger partial charge in [0, 0.05) is 52.2 Å². The minimum absolute atomic E-state index is 0.228. The van der Waals surface area contributed by atoms with Crippen LogP contribution in [-0.2, 0) is 31.9 Å². The Morgan fingerprint density at radius 3 is 1.48 bits per heavy atom. The molecule has 0 spiro atoms. The molecule has 4 aromatic rings. The fraction of sp³-hybridized carbons (Fsp3) is 0.333. The van der Waals surface area contributed by atoms with Crippen molar-refractivity contribution in [3.63, 3.8) is 0 Å². The van der Waals surface area contributed by atoms with Gasteiger partial charge in [-0.25, -0.2) is 9.97 Å². The number of H-pyrrole nitrogens is 2. The van der Waals surface area contributed by atoms with Crippen LogP contribution >= 0.6 is 23.2 Å². The average molecular weight is 740 g/mol. The molecule has 2 aliphatic heterocycles. The third-order valence-corrected chi connectivity index (χ3v) is 10.7. The molecule has 270 valence electrons. The largest absolute Gasteiger partial charge is 0.469 e. The number of methoxy groups -OCH3 is 2. The number of carbonyl (C=O) groups is 2. The number of aromatic nitrogens is 4. The van der Waals surface area contributed by atoms with E-state index < -0.39 is 0 Å². The van der Waals surface area contributed by atoms with Crippen molar-refractivity contribution in [1.82, 2.24) is 19.9 Å². The first-order chi connectivity index (χ1) is 25.1. The lowest BCUT2D eigenvalue weighted by atomic mass is 9.93. The molecule has 8 bridgehead atoms. The Balaban J connectivity index is 1.81. The molecular formula is C42H44Cl2N4O4. The summed E-state index contributed by atoms with van der Waals surface area (Å²) in [6.07, 6.45) is 2.69. The maximum absolute atomic E-state index is 12.4. The normalized spacial score (nSPS) is 12.8. The SMILES string of the molecule is COC(=O)CCc1c(C)c2cc3nc(c(-c4ccccc4)c4nc(cc5[nH]c(cc1[nH]2)c(CCC(=O)OC)c5C)C(CCCl)=C4C)C(C)=C3CCCl. The molecule has 8 nitrogen and oxygen atoms in total. The van der Waals surface area contributed by atoms with Gasteiger partial charge in [0.15, 0.2) is 0 Å². The number of allylic oxidation sites excluding steroid dienone is 4. The number of carbonyl (C=O) groups excluding carboxylic acids is 2. The molecule has 2 N–H and O–H groups in total. The first-order valence-corrected chi connectivity index (χ1v) is 18.6. The number of ether oxygens (including phenoxy) is 2. The molecule has 0 aliphatic carbocycles. The summed E-state index contributed by atoms with van der Waals surface area (Å²) < 4.78 is 10.0. The number of aromatic amines is 2. The van der Waals surface area contributed by atoms with Gasteiger partial charge >= 0.3 is 11.9 Å². The van der Waals surface area contributed by atoms with E-state index >= 15 is 0 Å². The van der Waals surface area contributed by atoms with Crippen LogP contribution in [0, 0.1) is 13.8 Å². The highest BCUT2D eigenvalue weighted by molar-refractivity contribution is 6.19. The van der Waals surface area contributed by atoms with Crippen molar-refractivity contribution in [1.29, 1.82) is 0 Å². The van der Waals surface area contributed by atoms with Crippen LogP contribution in [0.15, 0.2) is 48.5 Å². The van der Waals surface area contributed by atoms with Gasteiger partial charge in [-0.15, -0.1) is 23.2 Å². The summed E-state index contributed by atoms with van der Waals surface area (Å²) in [5.41, 5.74) is 17.1. The lowest BCUT2D eigenvalue weighted by Gasteiger charge is -2.10. The van der Waals surface area contributed by atoms with Crippen LogP contribution in [0.3, 0.4) is 0 Å². The molecule has 0 saturated heterocycles. The quantitative estimate of drug-likeness (QED) is 0.117. The maximum Gasteiger partial charge on any atom is 0.305 e. The number of esters is 2. The number of hydrogen-bond acceptors (Lipinski definition) is 6. The molecule has 0 saturated carbocycles. The van der Waals surface area contributed by atoms with Crippen molar-refractivity contribution in [2.24, 2.45) is 0 Å². The van der Waals surface area contributed by atoms with E-state index in [1.54, 1.807) is 0 Å². The third kappa shape index (κ3) is 7.19. The Morgan fingerprint density at radius 2 is 1.08 bits per heavy atom. The van der Waals surface area contributed by atoms with Gasteiger partial charge in [0.25, 0.3) is 0 Å². The minimum atomic E-state index is -0.280. The van der Waals surface area contributed by atoms with E-state index in [0.717, 1.165) is 101 Å². The molecule has 1 aromatic carbocycles. The van der Waals surface area contributed by atoms with Gasteiger partial charge in [-0.2, -0.15) is 0 Å². The number of benzene rings is 1. The standard InChI is InChI=1S/C42H44Cl2N4O4/c1-23-28(12-14-38(49)51-5)34-22-35-29(13-15-39(50)52-6)24(2)33(46-35)21-37-31(17-19-44)26(4)42(48-37)40(27-10-8-7-9-11-27)41-25(3)30(16-18-43)36(47-41)20-32(23)45-34/h7-11,20-22,45-46H,12-19H2,1-6H3. The molecule has 2 aliphatic rings. The van der Waals surface area contributed by atoms with E-state index in [2.05, 4.69) is 68.0 Å². The number of halogens is 2. The highest BCUT2D eigenvalue weighted by atomic mass is 35.5. The van der Waals surface area contributed by atoms with Crippen molar-refractivity contribution in [2.75, 3.05) is 26.0 Å². The summed E-state index contributed by atoms with van der Waals surface area (Å²) in [6.45, 7) is 8.36. The zero-order valence-electron chi connectivity index (χ0n) is 30.6. The van der Waals surface area contributed by atoms with Gasteiger partial charge < -0.3 is 19.4 Å². The molecule has 52 heavy (non-hydrogen) atoms. The van der Waals surface area contributed by atoms with Crippen LogP contribution in [-0.4, -0.2) is 57.9 Å². The van der Waals surface area contributed by atoms with Crippen LogP contribution in [0.5, 0.6) is 0 Å². The van der Waals surface area contributed by atoms with Crippen LogP contribution in [0.1, 0.15) is 84.6 Å². The fourth-order valence-electron chi connectivity index (χ4n) is 7.36. The van der Waals surface area contributed by atoms with Gasteiger partial charge in [0.2, 0.25) is 0 Å². The van der Waals surface area contributed by atoms with Gasteiger partial charge in [-0.05, 0) is 122 Å². The second-order valence-corrected chi connectivity index (χ2v) is 14.0. The van der Waals surface area contributed by atoms with E-state index in [1.807, 2.05) is 18.2 Å². The van der Waals surface area contributed by atoms with E-state index in [9.17, 15) is 9.59 Å². The second-order valence-electron chi connectivity index (χ2n) is 13.2. The second kappa shape index (κ2) is 15.9. The molecule has 0 radical (unpaired) electrons. The van der Waals surface area contributed by atoms with E-state index in [4.69, 9.17) is 42.6 Å².